The minimum atomic E-state index is -0.447. The number of nitrogens with zero attached hydrogens (tertiary/aromatic N) is 1. The van der Waals surface area contributed by atoms with E-state index in [1.165, 1.54) is 0 Å². The summed E-state index contributed by atoms with van der Waals surface area (Å²) in [6.45, 7) is 1.99. The SMILES string of the molecule is Cc1cccc(C=C2C(=O)ON=C2CCl)c1. The molecule has 0 bridgehead atoms. The molecule has 0 unspecified atom stereocenters. The molecule has 2 rings (SSSR count). The Bertz CT molecular complexity index is 492. The number of carbonyl (C=O) groups excluding carboxylic acids is 1. The largest absolute Gasteiger partial charge is 0.367 e. The van der Waals surface area contributed by atoms with E-state index in [1.807, 2.05) is 31.2 Å². The zero-order valence-electron chi connectivity index (χ0n) is 8.74. The summed E-state index contributed by atoms with van der Waals surface area (Å²) in [6.07, 6.45) is 1.74. The fourth-order valence-electron chi connectivity index (χ4n) is 1.48. The van der Waals surface area contributed by atoms with Gasteiger partial charge < -0.3 is 4.84 Å². The molecule has 16 heavy (non-hydrogen) atoms. The number of halogens is 1. The highest BCUT2D eigenvalue weighted by molar-refractivity contribution is 6.38. The lowest BCUT2D eigenvalue weighted by Gasteiger charge is -1.98. The van der Waals surface area contributed by atoms with Crippen LogP contribution in [0.2, 0.25) is 0 Å². The van der Waals surface area contributed by atoms with E-state index < -0.39 is 5.97 Å². The maximum atomic E-state index is 11.4. The number of oxime groups is 1. The van der Waals surface area contributed by atoms with Crippen LogP contribution in [0.4, 0.5) is 0 Å². The van der Waals surface area contributed by atoms with Gasteiger partial charge in [-0.05, 0) is 18.6 Å². The molecule has 4 heteroatoms. The second kappa shape index (κ2) is 4.49. The number of aryl methyl sites for hydroxylation is 1. The van der Waals surface area contributed by atoms with Gasteiger partial charge in [-0.2, -0.15) is 0 Å². The highest BCUT2D eigenvalue weighted by atomic mass is 35.5. The second-order valence-corrected chi connectivity index (χ2v) is 3.79. The quantitative estimate of drug-likeness (QED) is 0.449. The van der Waals surface area contributed by atoms with E-state index in [4.69, 9.17) is 11.6 Å². The first kappa shape index (κ1) is 10.9. The first-order valence-corrected chi connectivity index (χ1v) is 5.37. The number of hydrogen-bond acceptors (Lipinski definition) is 3. The Morgan fingerprint density at radius 1 is 1.50 bits per heavy atom. The smallest absolute Gasteiger partial charge is 0.312 e. The number of alkyl halides is 1. The van der Waals surface area contributed by atoms with Gasteiger partial charge in [-0.15, -0.1) is 11.6 Å². The number of hydrogen-bond donors (Lipinski definition) is 0. The Hall–Kier alpha value is -1.61. The molecule has 1 aromatic carbocycles. The zero-order chi connectivity index (χ0) is 11.5. The van der Waals surface area contributed by atoms with Gasteiger partial charge in [0.1, 0.15) is 5.71 Å². The molecule has 1 aliphatic rings. The van der Waals surface area contributed by atoms with Crippen LogP contribution < -0.4 is 0 Å². The van der Waals surface area contributed by atoms with Crippen LogP contribution in [0.1, 0.15) is 11.1 Å². The van der Waals surface area contributed by atoms with Crippen molar-refractivity contribution in [1.29, 1.82) is 0 Å². The summed E-state index contributed by atoms with van der Waals surface area (Å²) < 4.78 is 0. The minimum Gasteiger partial charge on any atom is -0.312 e. The molecule has 1 aliphatic heterocycles. The molecule has 0 aliphatic carbocycles. The molecule has 0 spiro atoms. The van der Waals surface area contributed by atoms with Crippen LogP contribution in [0.3, 0.4) is 0 Å². The fourth-order valence-corrected chi connectivity index (χ4v) is 1.67. The van der Waals surface area contributed by atoms with Crippen LogP contribution in [0.25, 0.3) is 6.08 Å². The maximum absolute atomic E-state index is 11.4. The summed E-state index contributed by atoms with van der Waals surface area (Å²) in [6, 6.07) is 7.81. The third-order valence-electron chi connectivity index (χ3n) is 2.25. The van der Waals surface area contributed by atoms with Crippen molar-refractivity contribution in [2.45, 2.75) is 6.92 Å². The van der Waals surface area contributed by atoms with E-state index in [0.717, 1.165) is 11.1 Å². The van der Waals surface area contributed by atoms with Crippen LogP contribution >= 0.6 is 11.6 Å². The molecule has 0 fully saturated rings. The average Bonchev–Trinajstić information content (AvgIpc) is 2.60. The molecule has 1 heterocycles. The van der Waals surface area contributed by atoms with Gasteiger partial charge in [-0.1, -0.05) is 35.0 Å². The first-order valence-electron chi connectivity index (χ1n) is 4.83. The lowest BCUT2D eigenvalue weighted by atomic mass is 10.1. The lowest BCUT2D eigenvalue weighted by molar-refractivity contribution is -0.136. The average molecular weight is 236 g/mol. The van der Waals surface area contributed by atoms with E-state index >= 15 is 0 Å². The van der Waals surface area contributed by atoms with Gasteiger partial charge in [0.05, 0.1) is 11.5 Å². The molecule has 0 aromatic heterocycles. The van der Waals surface area contributed by atoms with Gasteiger partial charge in [0.25, 0.3) is 0 Å². The zero-order valence-corrected chi connectivity index (χ0v) is 9.49. The molecule has 0 atom stereocenters. The van der Waals surface area contributed by atoms with Gasteiger partial charge >= 0.3 is 5.97 Å². The molecule has 0 radical (unpaired) electrons. The predicted octanol–water partition coefficient (Wildman–Crippen LogP) is 2.53. The molecular formula is C12H10ClNO2. The topological polar surface area (TPSA) is 38.7 Å². The lowest BCUT2D eigenvalue weighted by Crippen LogP contribution is -2.06. The summed E-state index contributed by atoms with van der Waals surface area (Å²) in [5, 5.41) is 3.60. The number of carbonyl (C=O) groups is 1. The van der Waals surface area contributed by atoms with Crippen molar-refractivity contribution in [3.63, 3.8) is 0 Å². The first-order chi connectivity index (χ1) is 7.70. The van der Waals surface area contributed by atoms with E-state index in [2.05, 4.69) is 9.99 Å². The van der Waals surface area contributed by atoms with Crippen LogP contribution in [0.15, 0.2) is 35.0 Å². The third-order valence-corrected chi connectivity index (χ3v) is 2.50. The van der Waals surface area contributed by atoms with Crippen molar-refractivity contribution in [2.24, 2.45) is 5.16 Å². The van der Waals surface area contributed by atoms with Crippen molar-refractivity contribution in [3.05, 3.63) is 41.0 Å². The molecule has 82 valence electrons. The van der Waals surface area contributed by atoms with Gasteiger partial charge in [0.15, 0.2) is 0 Å². The normalized spacial score (nSPS) is 17.5. The van der Waals surface area contributed by atoms with Gasteiger partial charge in [0, 0.05) is 0 Å². The summed E-state index contributed by atoms with van der Waals surface area (Å²) >= 11 is 5.66. The summed E-state index contributed by atoms with van der Waals surface area (Å²) in [4.78, 5) is 15.9. The Morgan fingerprint density at radius 3 is 3.00 bits per heavy atom. The monoisotopic (exact) mass is 235 g/mol. The Morgan fingerprint density at radius 2 is 2.31 bits per heavy atom. The number of benzene rings is 1. The summed E-state index contributed by atoms with van der Waals surface area (Å²) in [5.41, 5.74) is 2.98. The summed E-state index contributed by atoms with van der Waals surface area (Å²) in [7, 11) is 0. The van der Waals surface area contributed by atoms with Crippen molar-refractivity contribution in [2.75, 3.05) is 5.88 Å². The third kappa shape index (κ3) is 2.14. The maximum Gasteiger partial charge on any atom is 0.367 e. The van der Waals surface area contributed by atoms with Gasteiger partial charge in [0.2, 0.25) is 0 Å². The van der Waals surface area contributed by atoms with E-state index in [-0.39, 0.29) is 5.88 Å². The Labute approximate surface area is 98.4 Å². The van der Waals surface area contributed by atoms with Crippen LogP contribution in [0, 0.1) is 6.92 Å². The van der Waals surface area contributed by atoms with E-state index in [0.29, 0.717) is 11.3 Å². The van der Waals surface area contributed by atoms with Crippen molar-refractivity contribution < 1.29 is 9.63 Å². The molecule has 0 saturated carbocycles. The van der Waals surface area contributed by atoms with Gasteiger partial charge in [-0.3, -0.25) is 0 Å². The molecule has 0 amide bonds. The molecule has 0 saturated heterocycles. The Balaban J connectivity index is 2.37. The minimum absolute atomic E-state index is 0.170. The molecule has 0 N–H and O–H groups in total. The molecular weight excluding hydrogens is 226 g/mol. The van der Waals surface area contributed by atoms with Crippen molar-refractivity contribution in [1.82, 2.24) is 0 Å². The van der Waals surface area contributed by atoms with Crippen molar-refractivity contribution in [3.8, 4) is 0 Å². The second-order valence-electron chi connectivity index (χ2n) is 3.52. The van der Waals surface area contributed by atoms with Crippen LogP contribution in [-0.2, 0) is 9.63 Å². The van der Waals surface area contributed by atoms with Crippen LogP contribution in [-0.4, -0.2) is 17.6 Å². The number of rotatable bonds is 2. The Kier molecular flexibility index (Phi) is 3.06. The van der Waals surface area contributed by atoms with E-state index in [1.54, 1.807) is 6.08 Å². The van der Waals surface area contributed by atoms with Crippen LogP contribution in [0.5, 0.6) is 0 Å². The molecule has 3 nitrogen and oxygen atoms in total. The highest BCUT2D eigenvalue weighted by Crippen LogP contribution is 2.17. The van der Waals surface area contributed by atoms with Crippen molar-refractivity contribution >= 4 is 29.4 Å². The predicted molar refractivity (Wildman–Crippen MR) is 63.4 cm³/mol. The van der Waals surface area contributed by atoms with E-state index in [9.17, 15) is 4.79 Å². The van der Waals surface area contributed by atoms with Gasteiger partial charge in [-0.25, -0.2) is 4.79 Å². The highest BCUT2D eigenvalue weighted by Gasteiger charge is 2.24. The summed E-state index contributed by atoms with van der Waals surface area (Å²) in [5.74, 6) is -0.277. The molecule has 1 aromatic rings. The fraction of sp³-hybridized carbons (Fsp3) is 0.167. The standard InChI is InChI=1S/C12H10ClNO2/c1-8-3-2-4-9(5-8)6-10-11(7-13)14-16-12(10)15/h2-6H,7H2,1H3.